The Labute approximate surface area is 171 Å². The first-order chi connectivity index (χ1) is 13.9. The zero-order valence-electron chi connectivity index (χ0n) is 15.5. The molecule has 2 N–H and O–H groups in total. The Balaban J connectivity index is 1.55. The fourth-order valence-electron chi connectivity index (χ4n) is 3.98. The number of anilines is 1. The van der Waals surface area contributed by atoms with E-state index in [1.807, 2.05) is 6.07 Å². The summed E-state index contributed by atoms with van der Waals surface area (Å²) in [5.74, 6) is -0.115. The van der Waals surface area contributed by atoms with Gasteiger partial charge < -0.3 is 20.1 Å². The summed E-state index contributed by atoms with van der Waals surface area (Å²) in [6, 6.07) is 7.75. The summed E-state index contributed by atoms with van der Waals surface area (Å²) < 4.78 is 26.0. The lowest BCUT2D eigenvalue weighted by atomic mass is 10.0. The largest absolute Gasteiger partial charge is 0.491 e. The van der Waals surface area contributed by atoms with Gasteiger partial charge in [0.1, 0.15) is 24.0 Å². The lowest BCUT2D eigenvalue weighted by Gasteiger charge is -2.24. The third kappa shape index (κ3) is 2.81. The van der Waals surface area contributed by atoms with Gasteiger partial charge in [0.25, 0.3) is 5.91 Å². The first-order valence-corrected chi connectivity index (χ1v) is 9.49. The third-order valence-corrected chi connectivity index (χ3v) is 5.80. The van der Waals surface area contributed by atoms with Crippen molar-refractivity contribution in [2.45, 2.75) is 19.3 Å². The summed E-state index contributed by atoms with van der Waals surface area (Å²) in [4.78, 5) is 18.9. The molecule has 1 amide bonds. The third-order valence-electron chi connectivity index (χ3n) is 5.57. The van der Waals surface area contributed by atoms with E-state index in [1.54, 1.807) is 25.2 Å². The van der Waals surface area contributed by atoms with Gasteiger partial charge in [-0.2, -0.15) is 0 Å². The maximum absolute atomic E-state index is 14.8. The van der Waals surface area contributed by atoms with Crippen molar-refractivity contribution in [3.8, 4) is 5.75 Å². The molecular weight excluding hydrogens is 397 g/mol. The molecule has 0 fully saturated rings. The molecule has 0 saturated carbocycles. The molecule has 29 heavy (non-hydrogen) atoms. The molecule has 1 atom stereocenters. The van der Waals surface area contributed by atoms with Crippen LogP contribution in [0.15, 0.2) is 30.3 Å². The van der Waals surface area contributed by atoms with Crippen molar-refractivity contribution in [3.05, 3.63) is 63.4 Å². The van der Waals surface area contributed by atoms with Crippen molar-refractivity contribution >= 4 is 34.2 Å². The van der Waals surface area contributed by atoms with Gasteiger partial charge in [0.15, 0.2) is 0 Å². The summed E-state index contributed by atoms with van der Waals surface area (Å²) >= 11 is 6.01. The zero-order valence-corrected chi connectivity index (χ0v) is 16.3. The van der Waals surface area contributed by atoms with Gasteiger partial charge in [-0.25, -0.2) is 9.37 Å². The zero-order chi connectivity index (χ0) is 20.3. The summed E-state index contributed by atoms with van der Waals surface area (Å²) in [6.45, 7) is 1.01. The van der Waals surface area contributed by atoms with Crippen molar-refractivity contribution in [3.63, 3.8) is 0 Å². The van der Waals surface area contributed by atoms with Crippen molar-refractivity contribution in [1.82, 2.24) is 9.88 Å². The number of carbonyl (C=O) groups is 1. The Kier molecular flexibility index (Phi) is 4.11. The van der Waals surface area contributed by atoms with E-state index in [1.165, 1.54) is 11.0 Å². The molecule has 0 unspecified atom stereocenters. The van der Waals surface area contributed by atoms with Gasteiger partial charge in [0, 0.05) is 34.6 Å². The minimum Gasteiger partial charge on any atom is -0.491 e. The van der Waals surface area contributed by atoms with E-state index in [0.29, 0.717) is 40.7 Å². The second-order valence-electron chi connectivity index (χ2n) is 7.22. The summed E-state index contributed by atoms with van der Waals surface area (Å²) in [6.07, 6.45) is 0. The summed E-state index contributed by atoms with van der Waals surface area (Å²) in [5.41, 5.74) is 8.84. The standard InChI is InChI=1S/C21H17ClFN3O3/c1-26(18-9-29-19-4-10(22)2-3-11(18)19)21(27)13-5-12-14-7-28-8-15(14)20(24)25-17(12)6-16(13)23/h2-6,18H,7-9H2,1H3,(H2,24,25)/t18-/m1/s1. The van der Waals surface area contributed by atoms with E-state index < -0.39 is 11.7 Å². The van der Waals surface area contributed by atoms with Crippen LogP contribution in [0.1, 0.15) is 33.1 Å². The van der Waals surface area contributed by atoms with Crippen LogP contribution in [0.5, 0.6) is 5.75 Å². The molecular formula is C21H17ClFN3O3. The predicted molar refractivity (Wildman–Crippen MR) is 106 cm³/mol. The average molecular weight is 414 g/mol. The summed E-state index contributed by atoms with van der Waals surface area (Å²) in [7, 11) is 1.64. The van der Waals surface area contributed by atoms with Crippen molar-refractivity contribution in [1.29, 1.82) is 0 Å². The van der Waals surface area contributed by atoms with Gasteiger partial charge in [-0.1, -0.05) is 17.7 Å². The predicted octanol–water partition coefficient (Wildman–Crippen LogP) is 3.85. The van der Waals surface area contributed by atoms with Crippen molar-refractivity contribution in [2.24, 2.45) is 0 Å². The quantitative estimate of drug-likeness (QED) is 0.690. The Bertz CT molecular complexity index is 1180. The van der Waals surface area contributed by atoms with E-state index in [0.717, 1.165) is 16.7 Å². The molecule has 0 bridgehead atoms. The molecule has 2 aliphatic rings. The van der Waals surface area contributed by atoms with Crippen LogP contribution in [0, 0.1) is 5.82 Å². The number of fused-ring (bicyclic) bond motifs is 4. The number of nitrogens with two attached hydrogens (primary N) is 1. The fourth-order valence-corrected chi connectivity index (χ4v) is 4.14. The molecule has 3 aromatic rings. The highest BCUT2D eigenvalue weighted by atomic mass is 35.5. The second kappa shape index (κ2) is 6.57. The van der Waals surface area contributed by atoms with Gasteiger partial charge >= 0.3 is 0 Å². The van der Waals surface area contributed by atoms with Gasteiger partial charge in [-0.15, -0.1) is 0 Å². The molecule has 0 radical (unpaired) electrons. The number of pyridine rings is 1. The van der Waals surface area contributed by atoms with E-state index in [2.05, 4.69) is 4.98 Å². The van der Waals surface area contributed by atoms with E-state index in [9.17, 15) is 9.18 Å². The molecule has 8 heteroatoms. The van der Waals surface area contributed by atoms with Crippen LogP contribution in [0.4, 0.5) is 10.2 Å². The Hall–Kier alpha value is -2.90. The monoisotopic (exact) mass is 413 g/mol. The van der Waals surface area contributed by atoms with Crippen molar-refractivity contribution in [2.75, 3.05) is 19.4 Å². The Morgan fingerprint density at radius 2 is 2.07 bits per heavy atom. The number of ether oxygens (including phenoxy) is 2. The fraction of sp³-hybridized carbons (Fsp3) is 0.238. The first kappa shape index (κ1) is 18.1. The number of aromatic nitrogens is 1. The highest BCUT2D eigenvalue weighted by Crippen LogP contribution is 2.38. The number of carbonyl (C=O) groups excluding carboxylic acids is 1. The number of hydrogen-bond acceptors (Lipinski definition) is 5. The van der Waals surface area contributed by atoms with E-state index in [-0.39, 0.29) is 18.2 Å². The molecule has 2 aromatic carbocycles. The lowest BCUT2D eigenvalue weighted by molar-refractivity contribution is 0.0704. The number of halogens is 2. The van der Waals surface area contributed by atoms with Gasteiger partial charge in [0.05, 0.1) is 30.3 Å². The van der Waals surface area contributed by atoms with Crippen LogP contribution in [0.25, 0.3) is 10.9 Å². The number of rotatable bonds is 2. The lowest BCUT2D eigenvalue weighted by Crippen LogP contribution is -2.32. The van der Waals surface area contributed by atoms with Crippen LogP contribution in [0.2, 0.25) is 5.02 Å². The Morgan fingerprint density at radius 3 is 2.90 bits per heavy atom. The van der Waals surface area contributed by atoms with Crippen molar-refractivity contribution < 1.29 is 18.7 Å². The highest BCUT2D eigenvalue weighted by molar-refractivity contribution is 6.30. The molecule has 3 heterocycles. The average Bonchev–Trinajstić information content (AvgIpc) is 3.34. The number of hydrogen-bond donors (Lipinski definition) is 1. The molecule has 5 rings (SSSR count). The van der Waals surface area contributed by atoms with Gasteiger partial charge in [-0.3, -0.25) is 4.79 Å². The maximum atomic E-state index is 14.8. The minimum absolute atomic E-state index is 0.0249. The van der Waals surface area contributed by atoms with Crippen LogP contribution in [-0.2, 0) is 18.0 Å². The molecule has 148 valence electrons. The molecule has 0 spiro atoms. The number of likely N-dealkylation sites (N-methyl/N-ethyl adjacent to an activating group) is 1. The number of nitrogens with zero attached hydrogens (tertiary/aromatic N) is 2. The second-order valence-corrected chi connectivity index (χ2v) is 7.66. The number of benzene rings is 2. The molecule has 2 aliphatic heterocycles. The van der Waals surface area contributed by atoms with E-state index >= 15 is 0 Å². The minimum atomic E-state index is -0.643. The smallest absolute Gasteiger partial charge is 0.257 e. The maximum Gasteiger partial charge on any atom is 0.257 e. The van der Waals surface area contributed by atoms with Gasteiger partial charge in [0.2, 0.25) is 0 Å². The molecule has 6 nitrogen and oxygen atoms in total. The number of nitrogen functional groups attached to an aromatic ring is 1. The summed E-state index contributed by atoms with van der Waals surface area (Å²) in [5, 5.41) is 1.24. The van der Waals surface area contributed by atoms with Crippen LogP contribution in [0.3, 0.4) is 0 Å². The van der Waals surface area contributed by atoms with Gasteiger partial charge in [-0.05, 0) is 23.8 Å². The highest BCUT2D eigenvalue weighted by Gasteiger charge is 2.32. The first-order valence-electron chi connectivity index (χ1n) is 9.11. The number of amides is 1. The molecule has 0 aliphatic carbocycles. The normalized spacial score (nSPS) is 17.1. The van der Waals surface area contributed by atoms with Crippen LogP contribution < -0.4 is 10.5 Å². The molecule has 0 saturated heterocycles. The van der Waals surface area contributed by atoms with Crippen LogP contribution >= 0.6 is 11.6 Å². The van der Waals surface area contributed by atoms with E-state index in [4.69, 9.17) is 26.8 Å². The topological polar surface area (TPSA) is 77.7 Å². The Morgan fingerprint density at radius 1 is 1.28 bits per heavy atom. The van der Waals surface area contributed by atoms with Crippen LogP contribution in [-0.4, -0.2) is 29.4 Å². The SMILES string of the molecule is CN(C(=O)c1cc2c3c(c(N)nc2cc1F)COC3)[C@@H]1COc2cc(Cl)ccc21. The molecule has 1 aromatic heterocycles.